The number of halogens is 1. The van der Waals surface area contributed by atoms with E-state index in [1.54, 1.807) is 0 Å². The Bertz CT molecular complexity index is 897. The Balaban J connectivity index is 2.50. The van der Waals surface area contributed by atoms with Gasteiger partial charge in [0, 0.05) is 22.7 Å². The molecule has 0 saturated carbocycles. The predicted molar refractivity (Wildman–Crippen MR) is 91.5 cm³/mol. The highest BCUT2D eigenvalue weighted by atomic mass is 35.7. The molecule has 1 aromatic rings. The highest BCUT2D eigenvalue weighted by molar-refractivity contribution is 8.13. The van der Waals surface area contributed by atoms with Crippen molar-refractivity contribution in [1.29, 1.82) is 5.41 Å². The lowest BCUT2D eigenvalue weighted by molar-refractivity contribution is -0.134. The molecule has 0 aliphatic carbocycles. The number of piperidine rings is 1. The van der Waals surface area contributed by atoms with Crippen LogP contribution in [0.2, 0.25) is 0 Å². The molecule has 1 aromatic carbocycles. The third kappa shape index (κ3) is 4.77. The molecule has 1 fully saturated rings. The van der Waals surface area contributed by atoms with Gasteiger partial charge in [-0.3, -0.25) is 14.9 Å². The zero-order valence-corrected chi connectivity index (χ0v) is 14.5. The highest BCUT2D eigenvalue weighted by Gasteiger charge is 2.31. The van der Waals surface area contributed by atoms with Crippen molar-refractivity contribution in [2.24, 2.45) is 5.92 Å². The lowest BCUT2D eigenvalue weighted by Crippen LogP contribution is -2.43. The van der Waals surface area contributed by atoms with E-state index < -0.39 is 26.8 Å². The van der Waals surface area contributed by atoms with E-state index in [4.69, 9.17) is 16.1 Å². The average Bonchev–Trinajstić information content (AvgIpc) is 2.51. The molecule has 1 saturated heterocycles. The van der Waals surface area contributed by atoms with Crippen LogP contribution in [0, 0.1) is 11.3 Å². The molecule has 25 heavy (non-hydrogen) atoms. The van der Waals surface area contributed by atoms with Gasteiger partial charge in [0.1, 0.15) is 5.75 Å². The van der Waals surface area contributed by atoms with Crippen molar-refractivity contribution in [2.45, 2.75) is 17.7 Å². The van der Waals surface area contributed by atoms with Gasteiger partial charge in [0.2, 0.25) is 11.8 Å². The van der Waals surface area contributed by atoms with Crippen molar-refractivity contribution < 1.29 is 23.1 Å². The van der Waals surface area contributed by atoms with Gasteiger partial charge in [-0.1, -0.05) is 18.2 Å². The fourth-order valence-corrected chi connectivity index (χ4v) is 3.10. The van der Waals surface area contributed by atoms with Crippen LogP contribution in [0.4, 0.5) is 0 Å². The first kappa shape index (κ1) is 18.9. The SMILES string of the molecule is N=C(c1cccc(S(=O)(=O)Cl)ccccc1O)C1CCC(=O)NC1=O. The van der Waals surface area contributed by atoms with Gasteiger partial charge in [-0.25, -0.2) is 8.42 Å². The molecule has 0 aromatic heterocycles. The molecule has 1 unspecified atom stereocenters. The Morgan fingerprint density at radius 2 is 1.80 bits per heavy atom. The summed E-state index contributed by atoms with van der Waals surface area (Å²) in [6.07, 6.45) is 0.262. The Labute approximate surface area is 148 Å². The van der Waals surface area contributed by atoms with E-state index in [1.165, 1.54) is 42.5 Å². The third-order valence-electron chi connectivity index (χ3n) is 3.58. The molecule has 3 N–H and O–H groups in total. The van der Waals surface area contributed by atoms with Crippen LogP contribution in [0.15, 0.2) is 47.4 Å². The van der Waals surface area contributed by atoms with Gasteiger partial charge < -0.3 is 10.5 Å². The number of hydrogen-bond donors (Lipinski definition) is 3. The minimum Gasteiger partial charge on any atom is -0.507 e. The summed E-state index contributed by atoms with van der Waals surface area (Å²) in [4.78, 5) is 23.0. The van der Waals surface area contributed by atoms with Gasteiger partial charge in [-0.2, -0.15) is 0 Å². The van der Waals surface area contributed by atoms with Crippen LogP contribution in [-0.4, -0.2) is 31.1 Å². The number of imide groups is 1. The maximum atomic E-state index is 11.9. The molecular formula is C16H15ClN2O5S. The zero-order valence-electron chi connectivity index (χ0n) is 12.9. The molecule has 0 bridgehead atoms. The minimum atomic E-state index is -3.95. The standard InChI is InChI=1S/C16H15ClN2O5S/c17-25(23,24)10-4-1-2-7-13(20)11(6-3-5-10)15(18)12-8-9-14(21)19-16(12)22/h1-7,12,18,20H,8-9H2,(H,19,21,22). The quantitative estimate of drug-likeness (QED) is 0.418. The van der Waals surface area contributed by atoms with Gasteiger partial charge in [0.15, 0.2) is 0 Å². The first-order chi connectivity index (χ1) is 11.7. The maximum Gasteiger partial charge on any atom is 0.261 e. The van der Waals surface area contributed by atoms with Crippen molar-refractivity contribution in [3.8, 4) is 5.75 Å². The molecule has 2 rings (SSSR count). The van der Waals surface area contributed by atoms with Crippen molar-refractivity contribution in [3.05, 3.63) is 48.0 Å². The Morgan fingerprint density at radius 3 is 2.44 bits per heavy atom. The first-order valence-corrected chi connectivity index (χ1v) is 9.54. The molecule has 132 valence electrons. The molecule has 0 radical (unpaired) electrons. The van der Waals surface area contributed by atoms with E-state index in [0.717, 1.165) is 0 Å². The molecule has 1 aliphatic heterocycles. The van der Waals surface area contributed by atoms with Crippen LogP contribution >= 0.6 is 10.7 Å². The third-order valence-corrected chi connectivity index (χ3v) is 4.95. The molecule has 1 atom stereocenters. The molecule has 7 nitrogen and oxygen atoms in total. The largest absolute Gasteiger partial charge is 0.507 e. The molecule has 9 heteroatoms. The molecule has 1 aliphatic rings. The Hall–Kier alpha value is -2.45. The van der Waals surface area contributed by atoms with Crippen LogP contribution < -0.4 is 5.32 Å². The number of rotatable bonds is 3. The number of hydrogen-bond acceptors (Lipinski definition) is 6. The van der Waals surface area contributed by atoms with Crippen molar-refractivity contribution >= 4 is 37.3 Å². The number of aromatic hydroxyl groups is 1. The second-order valence-electron chi connectivity index (χ2n) is 5.30. The summed E-state index contributed by atoms with van der Waals surface area (Å²) in [6.45, 7) is 0. The van der Waals surface area contributed by atoms with E-state index in [1.807, 2.05) is 0 Å². The minimum absolute atomic E-state index is 0.0450. The lowest BCUT2D eigenvalue weighted by Gasteiger charge is -2.21. The summed E-state index contributed by atoms with van der Waals surface area (Å²) in [5, 5.41) is 20.5. The van der Waals surface area contributed by atoms with Gasteiger partial charge in [-0.05, 0) is 30.7 Å². The Morgan fingerprint density at radius 1 is 1.16 bits per heavy atom. The second kappa shape index (κ2) is 7.62. The van der Waals surface area contributed by atoms with Gasteiger partial charge in [0.25, 0.3) is 9.05 Å². The summed E-state index contributed by atoms with van der Waals surface area (Å²) in [6, 6.07) is 9.10. The maximum absolute atomic E-state index is 11.9. The number of nitrogens with one attached hydrogen (secondary N) is 2. The molecular weight excluding hydrogens is 368 g/mol. The van der Waals surface area contributed by atoms with Crippen LogP contribution in [0.5, 0.6) is 5.75 Å². The lowest BCUT2D eigenvalue weighted by atomic mass is 9.89. The van der Waals surface area contributed by atoms with Gasteiger partial charge in [0.05, 0.1) is 16.5 Å². The summed E-state index contributed by atoms with van der Waals surface area (Å²) in [5.74, 6) is -2.15. The first-order valence-electron chi connectivity index (χ1n) is 7.23. The van der Waals surface area contributed by atoms with Crippen LogP contribution in [0.3, 0.4) is 0 Å². The Kier molecular flexibility index (Phi) is 5.76. The summed E-state index contributed by atoms with van der Waals surface area (Å²) >= 11 is 0. The van der Waals surface area contributed by atoms with E-state index in [9.17, 15) is 23.1 Å². The smallest absolute Gasteiger partial charge is 0.261 e. The van der Waals surface area contributed by atoms with E-state index in [0.29, 0.717) is 0 Å². The number of carbonyl (C=O) groups excluding carboxylic acids is 2. The van der Waals surface area contributed by atoms with Crippen molar-refractivity contribution in [2.75, 3.05) is 0 Å². The van der Waals surface area contributed by atoms with Gasteiger partial charge >= 0.3 is 0 Å². The van der Waals surface area contributed by atoms with Crippen molar-refractivity contribution in [1.82, 2.24) is 5.32 Å². The molecule has 1 heterocycles. The molecule has 0 spiro atoms. The summed E-state index contributed by atoms with van der Waals surface area (Å²) < 4.78 is 22.9. The van der Waals surface area contributed by atoms with Crippen LogP contribution in [0.25, 0.3) is 0 Å². The zero-order chi connectivity index (χ0) is 18.6. The summed E-state index contributed by atoms with van der Waals surface area (Å²) in [7, 11) is 1.37. The van der Waals surface area contributed by atoms with E-state index >= 15 is 0 Å². The normalized spacial score (nSPS) is 17.4. The van der Waals surface area contributed by atoms with E-state index in [-0.39, 0.29) is 34.8 Å². The van der Waals surface area contributed by atoms with Crippen LogP contribution in [-0.2, 0) is 18.6 Å². The van der Waals surface area contributed by atoms with Crippen molar-refractivity contribution in [3.63, 3.8) is 0 Å². The second-order valence-corrected chi connectivity index (χ2v) is 7.87. The monoisotopic (exact) mass is 382 g/mol. The predicted octanol–water partition coefficient (Wildman–Crippen LogP) is 1.86. The summed E-state index contributed by atoms with van der Waals surface area (Å²) in [5.41, 5.74) is -0.125. The molecule has 2 amide bonds. The number of carbonyl (C=O) groups is 2. The highest BCUT2D eigenvalue weighted by Crippen LogP contribution is 2.23. The van der Waals surface area contributed by atoms with Gasteiger partial charge in [-0.15, -0.1) is 0 Å². The topological polar surface area (TPSA) is 124 Å². The number of amides is 2. The van der Waals surface area contributed by atoms with Crippen LogP contribution in [0.1, 0.15) is 18.4 Å². The fourth-order valence-electron chi connectivity index (χ4n) is 2.31. The average molecular weight is 383 g/mol. The van der Waals surface area contributed by atoms with E-state index in [2.05, 4.69) is 5.32 Å². The fraction of sp³-hybridized carbons (Fsp3) is 0.188.